The Kier molecular flexibility index (Phi) is 2.63. The quantitative estimate of drug-likeness (QED) is 0.708. The number of benzene rings is 1. The lowest BCUT2D eigenvalue weighted by molar-refractivity contribution is 0.0984. The fourth-order valence-corrected chi connectivity index (χ4v) is 1.82. The van der Waals surface area contributed by atoms with Crippen molar-refractivity contribution in [2.75, 3.05) is 0 Å². The summed E-state index contributed by atoms with van der Waals surface area (Å²) in [5, 5.41) is 0. The summed E-state index contributed by atoms with van der Waals surface area (Å²) >= 11 is 11.2. The van der Waals surface area contributed by atoms with Gasteiger partial charge in [-0.15, -0.1) is 0 Å². The van der Waals surface area contributed by atoms with Gasteiger partial charge in [-0.2, -0.15) is 0 Å². The number of carbonyl (C=O) groups is 2. The monoisotopic (exact) mass is 240 g/mol. The summed E-state index contributed by atoms with van der Waals surface area (Å²) in [6.45, 7) is 0. The van der Waals surface area contributed by atoms with Gasteiger partial charge in [-0.25, -0.2) is 0 Å². The van der Waals surface area contributed by atoms with Crippen LogP contribution in [0, 0.1) is 0 Å². The van der Waals surface area contributed by atoms with Crippen molar-refractivity contribution in [2.24, 2.45) is 0 Å². The summed E-state index contributed by atoms with van der Waals surface area (Å²) in [6, 6.07) is 6.62. The summed E-state index contributed by atoms with van der Waals surface area (Å²) in [6.07, 6.45) is 1.20. The van der Waals surface area contributed by atoms with E-state index in [4.69, 9.17) is 23.2 Å². The summed E-state index contributed by atoms with van der Waals surface area (Å²) in [5.74, 6) is -0.508. The Labute approximate surface area is 96.5 Å². The molecule has 1 aromatic rings. The highest BCUT2D eigenvalue weighted by Crippen LogP contribution is 2.26. The zero-order valence-corrected chi connectivity index (χ0v) is 9.05. The minimum Gasteiger partial charge on any atom is -0.289 e. The van der Waals surface area contributed by atoms with E-state index in [0.29, 0.717) is 11.1 Å². The van der Waals surface area contributed by atoms with Gasteiger partial charge in [-0.3, -0.25) is 9.59 Å². The zero-order chi connectivity index (χ0) is 11.0. The number of alkyl halides is 2. The van der Waals surface area contributed by atoms with Crippen LogP contribution in [0.1, 0.15) is 20.7 Å². The van der Waals surface area contributed by atoms with Crippen LogP contribution in [0.3, 0.4) is 0 Å². The molecule has 0 fully saturated rings. The molecule has 0 amide bonds. The standard InChI is InChI=1S/C11H6Cl2O2/c12-11(13)8-5-9(14)6-3-1-2-4-7(6)10(8)15/h1-5,11H. The molecule has 0 saturated carbocycles. The first-order chi connectivity index (χ1) is 7.11. The van der Waals surface area contributed by atoms with Crippen molar-refractivity contribution in [2.45, 2.75) is 4.84 Å². The Hall–Kier alpha value is -1.12. The minimum absolute atomic E-state index is 0.141. The lowest BCUT2D eigenvalue weighted by Gasteiger charge is -2.14. The molecule has 1 aromatic carbocycles. The first-order valence-corrected chi connectivity index (χ1v) is 5.16. The Morgan fingerprint density at radius 1 is 1.00 bits per heavy atom. The van der Waals surface area contributed by atoms with E-state index in [-0.39, 0.29) is 17.1 Å². The van der Waals surface area contributed by atoms with Crippen LogP contribution >= 0.6 is 23.2 Å². The molecule has 15 heavy (non-hydrogen) atoms. The van der Waals surface area contributed by atoms with E-state index in [0.717, 1.165) is 0 Å². The van der Waals surface area contributed by atoms with Gasteiger partial charge in [0.1, 0.15) is 4.84 Å². The molecular weight excluding hydrogens is 235 g/mol. The highest BCUT2D eigenvalue weighted by atomic mass is 35.5. The molecule has 4 heteroatoms. The molecule has 0 bridgehead atoms. The fourth-order valence-electron chi connectivity index (χ4n) is 1.50. The van der Waals surface area contributed by atoms with Gasteiger partial charge in [0.2, 0.25) is 0 Å². The maximum Gasteiger partial charge on any atom is 0.192 e. The molecule has 1 aliphatic rings. The van der Waals surface area contributed by atoms with Crippen LogP contribution in [-0.4, -0.2) is 16.4 Å². The van der Waals surface area contributed by atoms with Crippen molar-refractivity contribution in [3.8, 4) is 0 Å². The Morgan fingerprint density at radius 2 is 1.60 bits per heavy atom. The van der Waals surface area contributed by atoms with Gasteiger partial charge >= 0.3 is 0 Å². The molecule has 0 N–H and O–H groups in total. The largest absolute Gasteiger partial charge is 0.289 e. The number of halogens is 2. The Balaban J connectivity index is 2.59. The van der Waals surface area contributed by atoms with Crippen LogP contribution in [0.25, 0.3) is 0 Å². The number of carbonyl (C=O) groups excluding carboxylic acids is 2. The third kappa shape index (κ3) is 1.71. The number of hydrogen-bond donors (Lipinski definition) is 0. The van der Waals surface area contributed by atoms with Gasteiger partial charge in [0.25, 0.3) is 0 Å². The van der Waals surface area contributed by atoms with Gasteiger partial charge in [-0.1, -0.05) is 47.5 Å². The highest BCUT2D eigenvalue weighted by Gasteiger charge is 2.27. The van der Waals surface area contributed by atoms with E-state index in [1.165, 1.54) is 6.08 Å². The second-order valence-electron chi connectivity index (χ2n) is 3.14. The van der Waals surface area contributed by atoms with Crippen molar-refractivity contribution in [3.63, 3.8) is 0 Å². The van der Waals surface area contributed by atoms with E-state index < -0.39 is 4.84 Å². The van der Waals surface area contributed by atoms with Crippen molar-refractivity contribution >= 4 is 34.8 Å². The second kappa shape index (κ2) is 3.80. The molecule has 76 valence electrons. The summed E-state index contributed by atoms with van der Waals surface area (Å²) in [7, 11) is 0. The Bertz CT molecular complexity index is 475. The minimum atomic E-state index is -0.963. The normalized spacial score (nSPS) is 15.3. The van der Waals surface area contributed by atoms with Crippen molar-refractivity contribution in [3.05, 3.63) is 47.0 Å². The van der Waals surface area contributed by atoms with Gasteiger partial charge < -0.3 is 0 Å². The molecule has 0 aliphatic heterocycles. The number of hydrogen-bond acceptors (Lipinski definition) is 2. The number of ketones is 2. The van der Waals surface area contributed by atoms with Crippen LogP contribution in [0.15, 0.2) is 35.9 Å². The molecule has 0 saturated heterocycles. The number of Topliss-reactive ketones (excluding diaryl/α,β-unsaturated/α-hetero) is 1. The third-order valence-corrected chi connectivity index (χ3v) is 2.69. The van der Waals surface area contributed by atoms with Gasteiger partial charge in [0, 0.05) is 16.7 Å². The zero-order valence-electron chi connectivity index (χ0n) is 7.54. The maximum atomic E-state index is 11.8. The second-order valence-corrected chi connectivity index (χ2v) is 4.24. The molecule has 0 atom stereocenters. The van der Waals surface area contributed by atoms with Crippen LogP contribution in [0.2, 0.25) is 0 Å². The molecule has 0 unspecified atom stereocenters. The first kappa shape index (κ1) is 10.4. The van der Waals surface area contributed by atoms with Crippen LogP contribution in [0.5, 0.6) is 0 Å². The van der Waals surface area contributed by atoms with Crippen molar-refractivity contribution < 1.29 is 9.59 Å². The molecule has 0 radical (unpaired) electrons. The summed E-state index contributed by atoms with van der Waals surface area (Å²) in [5.41, 5.74) is 0.911. The van der Waals surface area contributed by atoms with E-state index in [2.05, 4.69) is 0 Å². The molecule has 0 heterocycles. The molecule has 2 rings (SSSR count). The smallest absolute Gasteiger partial charge is 0.192 e. The molecular formula is C11H6Cl2O2. The highest BCUT2D eigenvalue weighted by molar-refractivity contribution is 6.49. The van der Waals surface area contributed by atoms with E-state index in [1.54, 1.807) is 24.3 Å². The van der Waals surface area contributed by atoms with Crippen LogP contribution < -0.4 is 0 Å². The number of fused-ring (bicyclic) bond motifs is 1. The lowest BCUT2D eigenvalue weighted by atomic mass is 9.90. The maximum absolute atomic E-state index is 11.8. The van der Waals surface area contributed by atoms with E-state index in [1.807, 2.05) is 0 Å². The van der Waals surface area contributed by atoms with E-state index in [9.17, 15) is 9.59 Å². The molecule has 1 aliphatic carbocycles. The van der Waals surface area contributed by atoms with Gasteiger partial charge in [0.05, 0.1) is 0 Å². The van der Waals surface area contributed by atoms with Crippen LogP contribution in [0.4, 0.5) is 0 Å². The molecule has 0 aromatic heterocycles. The third-order valence-electron chi connectivity index (χ3n) is 2.22. The van der Waals surface area contributed by atoms with Crippen LogP contribution in [-0.2, 0) is 0 Å². The van der Waals surface area contributed by atoms with Gasteiger partial charge in [0.15, 0.2) is 11.6 Å². The predicted molar refractivity (Wildman–Crippen MR) is 58.7 cm³/mol. The average Bonchev–Trinajstić information content (AvgIpc) is 2.23. The molecule has 2 nitrogen and oxygen atoms in total. The topological polar surface area (TPSA) is 34.1 Å². The Morgan fingerprint density at radius 3 is 2.20 bits per heavy atom. The van der Waals surface area contributed by atoms with E-state index >= 15 is 0 Å². The van der Waals surface area contributed by atoms with Crippen molar-refractivity contribution in [1.29, 1.82) is 0 Å². The fraction of sp³-hybridized carbons (Fsp3) is 0.0909. The number of rotatable bonds is 1. The lowest BCUT2D eigenvalue weighted by Crippen LogP contribution is -2.19. The summed E-state index contributed by atoms with van der Waals surface area (Å²) in [4.78, 5) is 22.5. The summed E-state index contributed by atoms with van der Waals surface area (Å²) < 4.78 is 0. The average molecular weight is 241 g/mol. The van der Waals surface area contributed by atoms with Crippen molar-refractivity contribution in [1.82, 2.24) is 0 Å². The molecule has 0 spiro atoms. The predicted octanol–water partition coefficient (Wildman–Crippen LogP) is 2.80. The number of allylic oxidation sites excluding steroid dienone is 2. The van der Waals surface area contributed by atoms with Gasteiger partial charge in [-0.05, 0) is 6.08 Å². The first-order valence-electron chi connectivity index (χ1n) is 4.29. The SMILES string of the molecule is O=C1C=C(C(Cl)Cl)C(=O)c2ccccc21.